The van der Waals surface area contributed by atoms with Crippen molar-refractivity contribution in [2.24, 2.45) is 5.92 Å². The van der Waals surface area contributed by atoms with E-state index in [9.17, 15) is 14.4 Å². The Labute approximate surface area is 135 Å². The maximum absolute atomic E-state index is 12.5. The topological polar surface area (TPSA) is 75.7 Å². The van der Waals surface area contributed by atoms with Crippen LogP contribution in [0, 0.1) is 5.92 Å². The van der Waals surface area contributed by atoms with Crippen molar-refractivity contribution in [2.75, 3.05) is 25.0 Å². The van der Waals surface area contributed by atoms with E-state index in [1.54, 1.807) is 36.1 Å². The van der Waals surface area contributed by atoms with Crippen molar-refractivity contribution in [2.45, 2.75) is 26.7 Å². The number of piperidine rings is 1. The minimum absolute atomic E-state index is 0.103. The fourth-order valence-corrected chi connectivity index (χ4v) is 2.70. The van der Waals surface area contributed by atoms with Crippen molar-refractivity contribution in [3.63, 3.8) is 0 Å². The van der Waals surface area contributed by atoms with Crippen LogP contribution in [0.2, 0.25) is 0 Å². The van der Waals surface area contributed by atoms with Crippen molar-refractivity contribution in [3.05, 3.63) is 29.8 Å². The average Bonchev–Trinajstić information content (AvgIpc) is 2.55. The second kappa shape index (κ2) is 7.76. The number of carbonyl (C=O) groups is 3. The first-order chi connectivity index (χ1) is 11.0. The van der Waals surface area contributed by atoms with E-state index in [0.717, 1.165) is 12.8 Å². The molecule has 2 rings (SSSR count). The molecule has 1 fully saturated rings. The van der Waals surface area contributed by atoms with Crippen LogP contribution in [0.5, 0.6) is 0 Å². The highest BCUT2D eigenvalue weighted by Crippen LogP contribution is 2.20. The summed E-state index contributed by atoms with van der Waals surface area (Å²) in [5.74, 6) is -0.733. The molecule has 1 saturated heterocycles. The first kappa shape index (κ1) is 17.0. The molecule has 1 N–H and O–H groups in total. The van der Waals surface area contributed by atoms with Crippen molar-refractivity contribution >= 4 is 23.5 Å². The predicted molar refractivity (Wildman–Crippen MR) is 86.0 cm³/mol. The zero-order valence-electron chi connectivity index (χ0n) is 13.5. The third kappa shape index (κ3) is 4.55. The summed E-state index contributed by atoms with van der Waals surface area (Å²) in [5, 5.41) is 2.66. The lowest BCUT2D eigenvalue weighted by Gasteiger charge is -2.31. The molecule has 1 aromatic carbocycles. The molecule has 6 nitrogen and oxygen atoms in total. The summed E-state index contributed by atoms with van der Waals surface area (Å²) in [6, 6.07) is 6.76. The monoisotopic (exact) mass is 318 g/mol. The molecule has 0 saturated carbocycles. The lowest BCUT2D eigenvalue weighted by molar-refractivity contribution is -0.149. The number of esters is 1. The van der Waals surface area contributed by atoms with E-state index < -0.39 is 0 Å². The van der Waals surface area contributed by atoms with Gasteiger partial charge in [-0.1, -0.05) is 0 Å². The summed E-state index contributed by atoms with van der Waals surface area (Å²) >= 11 is 0. The molecule has 1 unspecified atom stereocenters. The Hall–Kier alpha value is -2.37. The summed E-state index contributed by atoms with van der Waals surface area (Å²) < 4.78 is 5.05. The summed E-state index contributed by atoms with van der Waals surface area (Å²) in [4.78, 5) is 37.1. The molecule has 0 spiro atoms. The van der Waals surface area contributed by atoms with Crippen molar-refractivity contribution in [3.8, 4) is 0 Å². The fraction of sp³-hybridized carbons (Fsp3) is 0.471. The van der Waals surface area contributed by atoms with Gasteiger partial charge in [-0.15, -0.1) is 0 Å². The predicted octanol–water partition coefficient (Wildman–Crippen LogP) is 2.06. The number of carbonyl (C=O) groups excluding carboxylic acids is 3. The molecular weight excluding hydrogens is 296 g/mol. The van der Waals surface area contributed by atoms with E-state index in [4.69, 9.17) is 4.74 Å². The fourth-order valence-electron chi connectivity index (χ4n) is 2.70. The summed E-state index contributed by atoms with van der Waals surface area (Å²) in [6.07, 6.45) is 1.54. The molecule has 1 aliphatic heterocycles. The largest absolute Gasteiger partial charge is 0.466 e. The molecule has 1 heterocycles. The van der Waals surface area contributed by atoms with Crippen LogP contribution in [-0.2, 0) is 14.3 Å². The number of nitrogens with zero attached hydrogens (tertiary/aromatic N) is 1. The van der Waals surface area contributed by atoms with Gasteiger partial charge in [0.1, 0.15) is 0 Å². The Morgan fingerprint density at radius 3 is 2.57 bits per heavy atom. The maximum Gasteiger partial charge on any atom is 0.310 e. The van der Waals surface area contributed by atoms with Gasteiger partial charge >= 0.3 is 5.97 Å². The molecular formula is C17H22N2O4. The molecule has 1 aromatic rings. The highest BCUT2D eigenvalue weighted by molar-refractivity contribution is 5.95. The maximum atomic E-state index is 12.5. The number of benzene rings is 1. The van der Waals surface area contributed by atoms with E-state index in [0.29, 0.717) is 30.9 Å². The third-order valence-corrected chi connectivity index (χ3v) is 3.78. The van der Waals surface area contributed by atoms with Crippen LogP contribution in [-0.4, -0.2) is 42.4 Å². The lowest BCUT2D eigenvalue weighted by Crippen LogP contribution is -2.42. The van der Waals surface area contributed by atoms with Gasteiger partial charge in [-0.05, 0) is 44.0 Å². The number of anilines is 1. The van der Waals surface area contributed by atoms with E-state index in [1.165, 1.54) is 6.92 Å². The summed E-state index contributed by atoms with van der Waals surface area (Å²) in [6.45, 7) is 4.60. The van der Waals surface area contributed by atoms with Crippen molar-refractivity contribution in [1.82, 2.24) is 4.90 Å². The SMILES string of the molecule is CCOC(=O)C1CCCN(C(=O)c2ccc(NC(C)=O)cc2)C1. The molecule has 0 bridgehead atoms. The Balaban J connectivity index is 2.01. The molecule has 0 radical (unpaired) electrons. The quantitative estimate of drug-likeness (QED) is 0.862. The minimum atomic E-state index is -0.244. The second-order valence-corrected chi connectivity index (χ2v) is 5.60. The Kier molecular flexibility index (Phi) is 5.73. The molecule has 1 atom stereocenters. The van der Waals surface area contributed by atoms with Gasteiger partial charge in [0.15, 0.2) is 0 Å². The Morgan fingerprint density at radius 1 is 1.26 bits per heavy atom. The first-order valence-corrected chi connectivity index (χ1v) is 7.84. The molecule has 124 valence electrons. The number of ether oxygens (including phenoxy) is 1. The zero-order chi connectivity index (χ0) is 16.8. The van der Waals surface area contributed by atoms with E-state index in [-0.39, 0.29) is 23.7 Å². The molecule has 6 heteroatoms. The normalized spacial score (nSPS) is 17.5. The van der Waals surface area contributed by atoms with Gasteiger partial charge in [0.2, 0.25) is 5.91 Å². The second-order valence-electron chi connectivity index (χ2n) is 5.60. The van der Waals surface area contributed by atoms with Gasteiger partial charge < -0.3 is 15.0 Å². The molecule has 23 heavy (non-hydrogen) atoms. The molecule has 1 aliphatic rings. The van der Waals surface area contributed by atoms with Gasteiger partial charge in [-0.25, -0.2) is 0 Å². The van der Waals surface area contributed by atoms with Crippen molar-refractivity contribution < 1.29 is 19.1 Å². The highest BCUT2D eigenvalue weighted by atomic mass is 16.5. The Morgan fingerprint density at radius 2 is 1.96 bits per heavy atom. The number of nitrogens with one attached hydrogen (secondary N) is 1. The molecule has 0 aromatic heterocycles. The van der Waals surface area contributed by atoms with Crippen molar-refractivity contribution in [1.29, 1.82) is 0 Å². The van der Waals surface area contributed by atoms with Gasteiger partial charge in [-0.3, -0.25) is 14.4 Å². The standard InChI is InChI=1S/C17H22N2O4/c1-3-23-17(22)14-5-4-10-19(11-14)16(21)13-6-8-15(9-7-13)18-12(2)20/h6-9,14H,3-5,10-11H2,1-2H3,(H,18,20). The Bertz CT molecular complexity index is 583. The smallest absolute Gasteiger partial charge is 0.310 e. The van der Waals surface area contributed by atoms with Crippen LogP contribution in [0.4, 0.5) is 5.69 Å². The van der Waals surface area contributed by atoms with Crippen LogP contribution in [0.15, 0.2) is 24.3 Å². The molecule has 2 amide bonds. The number of hydrogen-bond acceptors (Lipinski definition) is 4. The average molecular weight is 318 g/mol. The number of likely N-dealkylation sites (tertiary alicyclic amines) is 1. The summed E-state index contributed by atoms with van der Waals surface area (Å²) in [5.41, 5.74) is 1.20. The van der Waals surface area contributed by atoms with E-state index >= 15 is 0 Å². The summed E-state index contributed by atoms with van der Waals surface area (Å²) in [7, 11) is 0. The minimum Gasteiger partial charge on any atom is -0.466 e. The number of hydrogen-bond donors (Lipinski definition) is 1. The lowest BCUT2D eigenvalue weighted by atomic mass is 9.97. The van der Waals surface area contributed by atoms with Crippen LogP contribution in [0.25, 0.3) is 0 Å². The number of amides is 2. The highest BCUT2D eigenvalue weighted by Gasteiger charge is 2.29. The zero-order valence-corrected chi connectivity index (χ0v) is 13.5. The third-order valence-electron chi connectivity index (χ3n) is 3.78. The van der Waals surface area contributed by atoms with Gasteiger partial charge in [-0.2, -0.15) is 0 Å². The van der Waals surface area contributed by atoms with Gasteiger partial charge in [0.05, 0.1) is 12.5 Å². The van der Waals surface area contributed by atoms with E-state index in [1.807, 2.05) is 0 Å². The van der Waals surface area contributed by atoms with Crippen LogP contribution >= 0.6 is 0 Å². The van der Waals surface area contributed by atoms with Gasteiger partial charge in [0.25, 0.3) is 5.91 Å². The van der Waals surface area contributed by atoms with Crippen LogP contribution in [0.3, 0.4) is 0 Å². The first-order valence-electron chi connectivity index (χ1n) is 7.84. The number of rotatable bonds is 4. The molecule has 0 aliphatic carbocycles. The van der Waals surface area contributed by atoms with E-state index in [2.05, 4.69) is 5.32 Å². The van der Waals surface area contributed by atoms with Crippen LogP contribution < -0.4 is 5.32 Å². The van der Waals surface area contributed by atoms with Crippen LogP contribution in [0.1, 0.15) is 37.0 Å². The van der Waals surface area contributed by atoms with Gasteiger partial charge in [0, 0.05) is 31.3 Å².